The zero-order valence-electron chi connectivity index (χ0n) is 11.4. The third-order valence-corrected chi connectivity index (χ3v) is 4.50. The summed E-state index contributed by atoms with van der Waals surface area (Å²) in [6.07, 6.45) is 1.15. The summed E-state index contributed by atoms with van der Waals surface area (Å²) in [7, 11) is -1.92. The molecule has 0 aliphatic heterocycles. The number of carbonyl (C=O) groups is 1. The maximum absolute atomic E-state index is 12.0. The van der Waals surface area contributed by atoms with Crippen molar-refractivity contribution in [3.8, 4) is 5.75 Å². The van der Waals surface area contributed by atoms with Crippen molar-refractivity contribution in [1.82, 2.24) is 10.0 Å². The minimum atomic E-state index is -3.45. The number of rotatable bonds is 6. The fraction of sp³-hybridized carbons (Fsp3) is 0.462. The van der Waals surface area contributed by atoms with Gasteiger partial charge in [-0.15, -0.1) is 0 Å². The van der Waals surface area contributed by atoms with Crippen LogP contribution in [-0.2, 0) is 14.8 Å². The van der Waals surface area contributed by atoms with Gasteiger partial charge in [0.05, 0.1) is 4.90 Å². The van der Waals surface area contributed by atoms with Crippen LogP contribution < -0.4 is 14.8 Å². The minimum Gasteiger partial charge on any atom is -0.481 e. The first-order chi connectivity index (χ1) is 9.42. The number of amides is 1. The zero-order chi connectivity index (χ0) is 14.8. The van der Waals surface area contributed by atoms with Crippen LogP contribution in [0.3, 0.4) is 0 Å². The maximum Gasteiger partial charge on any atom is 0.260 e. The summed E-state index contributed by atoms with van der Waals surface area (Å²) in [5.41, 5.74) is 0. The molecule has 20 heavy (non-hydrogen) atoms. The van der Waals surface area contributed by atoms with Gasteiger partial charge in [0.15, 0.2) is 6.10 Å². The van der Waals surface area contributed by atoms with Gasteiger partial charge in [-0.05, 0) is 44.0 Å². The first-order valence-corrected chi connectivity index (χ1v) is 7.91. The summed E-state index contributed by atoms with van der Waals surface area (Å²) in [5, 5.41) is 2.48. The van der Waals surface area contributed by atoms with Crippen LogP contribution >= 0.6 is 0 Å². The lowest BCUT2D eigenvalue weighted by molar-refractivity contribution is -0.126. The highest BCUT2D eigenvalue weighted by Gasteiger charge is 2.27. The van der Waals surface area contributed by atoms with E-state index in [4.69, 9.17) is 4.74 Å². The van der Waals surface area contributed by atoms with E-state index in [2.05, 4.69) is 10.0 Å². The van der Waals surface area contributed by atoms with Crippen molar-refractivity contribution >= 4 is 15.9 Å². The second-order valence-corrected chi connectivity index (χ2v) is 6.46. The highest BCUT2D eigenvalue weighted by Crippen LogP contribution is 2.23. The second-order valence-electron chi connectivity index (χ2n) is 4.74. The monoisotopic (exact) mass is 298 g/mol. The van der Waals surface area contributed by atoms with Crippen molar-refractivity contribution < 1.29 is 17.9 Å². The van der Waals surface area contributed by atoms with Crippen molar-refractivity contribution in [2.45, 2.75) is 36.8 Å². The topological polar surface area (TPSA) is 84.5 Å². The summed E-state index contributed by atoms with van der Waals surface area (Å²) < 4.78 is 31.9. The average Bonchev–Trinajstić information content (AvgIpc) is 3.21. The molecule has 0 saturated heterocycles. The predicted molar refractivity (Wildman–Crippen MR) is 73.9 cm³/mol. The summed E-state index contributed by atoms with van der Waals surface area (Å²) in [6.45, 7) is 1.62. The Morgan fingerprint density at radius 2 is 1.90 bits per heavy atom. The molecule has 1 aromatic carbocycles. The summed E-state index contributed by atoms with van der Waals surface area (Å²) in [5.74, 6) is 0.212. The van der Waals surface area contributed by atoms with Crippen molar-refractivity contribution in [2.75, 3.05) is 7.05 Å². The first kappa shape index (κ1) is 14.8. The standard InChI is InChI=1S/C13H18N2O4S/c1-9(13(16)14-2)19-11-5-7-12(8-6-11)20(17,18)15-10-3-4-10/h5-10,15H,3-4H2,1-2H3,(H,14,16)/t9-/m0/s1. The Hall–Kier alpha value is -1.60. The normalized spacial score (nSPS) is 16.5. The predicted octanol–water partition coefficient (Wildman–Crippen LogP) is 0.641. The van der Waals surface area contributed by atoms with Crippen LogP contribution in [-0.4, -0.2) is 33.5 Å². The lowest BCUT2D eigenvalue weighted by Gasteiger charge is -2.13. The van der Waals surface area contributed by atoms with Gasteiger partial charge in [0.25, 0.3) is 5.91 Å². The molecule has 6 nitrogen and oxygen atoms in total. The van der Waals surface area contributed by atoms with Gasteiger partial charge in [0.1, 0.15) is 5.75 Å². The van der Waals surface area contributed by atoms with E-state index in [-0.39, 0.29) is 16.8 Å². The Morgan fingerprint density at radius 3 is 2.40 bits per heavy atom. The lowest BCUT2D eigenvalue weighted by atomic mass is 10.3. The zero-order valence-corrected chi connectivity index (χ0v) is 12.2. The van der Waals surface area contributed by atoms with E-state index >= 15 is 0 Å². The molecule has 110 valence electrons. The van der Waals surface area contributed by atoms with Crippen molar-refractivity contribution in [1.29, 1.82) is 0 Å². The quantitative estimate of drug-likeness (QED) is 0.807. The summed E-state index contributed by atoms with van der Waals surface area (Å²) >= 11 is 0. The molecule has 0 aromatic heterocycles. The van der Waals surface area contributed by atoms with Gasteiger partial charge in [-0.3, -0.25) is 4.79 Å². The van der Waals surface area contributed by atoms with Crippen molar-refractivity contribution in [3.63, 3.8) is 0 Å². The molecule has 1 atom stereocenters. The highest BCUT2D eigenvalue weighted by atomic mass is 32.2. The largest absolute Gasteiger partial charge is 0.481 e. The number of hydrogen-bond donors (Lipinski definition) is 2. The molecule has 2 rings (SSSR count). The fourth-order valence-corrected chi connectivity index (χ4v) is 2.95. The average molecular weight is 298 g/mol. The molecule has 1 saturated carbocycles. The van der Waals surface area contributed by atoms with Gasteiger partial charge < -0.3 is 10.1 Å². The number of hydrogen-bond acceptors (Lipinski definition) is 4. The van der Waals surface area contributed by atoms with Crippen LogP contribution in [0.5, 0.6) is 5.75 Å². The van der Waals surface area contributed by atoms with Crippen LogP contribution in [0.2, 0.25) is 0 Å². The molecule has 1 aliphatic carbocycles. The molecule has 0 spiro atoms. The van der Waals surface area contributed by atoms with Crippen LogP contribution in [0.25, 0.3) is 0 Å². The molecule has 1 amide bonds. The number of nitrogens with one attached hydrogen (secondary N) is 2. The molecule has 1 aliphatic rings. The third-order valence-electron chi connectivity index (χ3n) is 2.96. The Balaban J connectivity index is 2.04. The molecule has 7 heteroatoms. The van der Waals surface area contributed by atoms with Gasteiger partial charge in [-0.1, -0.05) is 0 Å². The van der Waals surface area contributed by atoms with E-state index < -0.39 is 16.1 Å². The van der Waals surface area contributed by atoms with Crippen molar-refractivity contribution in [2.24, 2.45) is 0 Å². The maximum atomic E-state index is 12.0. The summed E-state index contributed by atoms with van der Waals surface area (Å²) in [6, 6.07) is 6.10. The van der Waals surface area contributed by atoms with E-state index in [9.17, 15) is 13.2 Å². The van der Waals surface area contributed by atoms with Gasteiger partial charge in [-0.2, -0.15) is 0 Å². The number of sulfonamides is 1. The van der Waals surface area contributed by atoms with Crippen LogP contribution in [0.15, 0.2) is 29.2 Å². The Labute approximate surface area is 118 Å². The van der Waals surface area contributed by atoms with Gasteiger partial charge in [0, 0.05) is 13.1 Å². The Bertz CT molecular complexity index is 579. The molecule has 0 heterocycles. The summed E-state index contributed by atoms with van der Waals surface area (Å²) in [4.78, 5) is 11.5. The molecular weight excluding hydrogens is 280 g/mol. The van der Waals surface area contributed by atoms with Crippen LogP contribution in [0, 0.1) is 0 Å². The van der Waals surface area contributed by atoms with E-state index in [1.165, 1.54) is 19.2 Å². The highest BCUT2D eigenvalue weighted by molar-refractivity contribution is 7.89. The third kappa shape index (κ3) is 3.71. The number of carbonyl (C=O) groups excluding carboxylic acids is 1. The number of likely N-dealkylation sites (N-methyl/N-ethyl adjacent to an activating group) is 1. The molecule has 2 N–H and O–H groups in total. The molecule has 0 bridgehead atoms. The van der Waals surface area contributed by atoms with Crippen LogP contribution in [0.1, 0.15) is 19.8 Å². The van der Waals surface area contributed by atoms with Gasteiger partial charge >= 0.3 is 0 Å². The smallest absolute Gasteiger partial charge is 0.260 e. The van der Waals surface area contributed by atoms with E-state index in [1.807, 2.05) is 0 Å². The van der Waals surface area contributed by atoms with E-state index in [1.54, 1.807) is 19.1 Å². The van der Waals surface area contributed by atoms with Crippen molar-refractivity contribution in [3.05, 3.63) is 24.3 Å². The van der Waals surface area contributed by atoms with Gasteiger partial charge in [0.2, 0.25) is 10.0 Å². The fourth-order valence-electron chi connectivity index (χ4n) is 1.65. The first-order valence-electron chi connectivity index (χ1n) is 6.43. The molecular formula is C13H18N2O4S. The molecule has 1 aromatic rings. The molecule has 0 unspecified atom stereocenters. The van der Waals surface area contributed by atoms with Crippen LogP contribution in [0.4, 0.5) is 0 Å². The molecule has 0 radical (unpaired) electrons. The lowest BCUT2D eigenvalue weighted by Crippen LogP contribution is -2.33. The Morgan fingerprint density at radius 1 is 1.30 bits per heavy atom. The minimum absolute atomic E-state index is 0.0733. The number of ether oxygens (including phenoxy) is 1. The molecule has 1 fully saturated rings. The van der Waals surface area contributed by atoms with Gasteiger partial charge in [-0.25, -0.2) is 13.1 Å². The van der Waals surface area contributed by atoms with E-state index in [0.717, 1.165) is 12.8 Å². The number of benzene rings is 1. The SMILES string of the molecule is CNC(=O)[C@H](C)Oc1ccc(S(=O)(=O)NC2CC2)cc1. The Kier molecular flexibility index (Phi) is 4.29. The van der Waals surface area contributed by atoms with E-state index in [0.29, 0.717) is 5.75 Å². The second kappa shape index (κ2) is 5.80.